The Balaban J connectivity index is 1.70. The zero-order chi connectivity index (χ0) is 20.1. The minimum Gasteiger partial charge on any atom is -0.506 e. The average Bonchev–Trinajstić information content (AvgIpc) is 2.69. The molecule has 0 fully saturated rings. The topological polar surface area (TPSA) is 75.7 Å². The van der Waals surface area contributed by atoms with Gasteiger partial charge in [-0.2, -0.15) is 0 Å². The van der Waals surface area contributed by atoms with E-state index in [9.17, 15) is 15.2 Å². The second kappa shape index (κ2) is 8.95. The summed E-state index contributed by atoms with van der Waals surface area (Å²) in [6.07, 6.45) is 5.41. The Labute approximate surface area is 178 Å². The zero-order valence-corrected chi connectivity index (χ0v) is 17.6. The number of phenols is 1. The number of nitro benzene ring substituents is 1. The number of rotatable bonds is 5. The molecular weight excluding hydrogens is 488 g/mol. The minimum absolute atomic E-state index is 0.0721. The molecule has 0 spiro atoms. The molecule has 0 atom stereocenters. The van der Waals surface area contributed by atoms with Gasteiger partial charge in [-0.15, -0.1) is 0 Å². The van der Waals surface area contributed by atoms with Gasteiger partial charge in [0, 0.05) is 28.4 Å². The second-order valence-electron chi connectivity index (χ2n) is 5.86. The van der Waals surface area contributed by atoms with E-state index in [0.29, 0.717) is 10.0 Å². The number of hydrogen-bond acceptors (Lipinski definition) is 4. The number of nitrogens with zero attached hydrogens (tertiary/aromatic N) is 2. The molecule has 0 aromatic heterocycles. The smallest absolute Gasteiger partial charge is 0.269 e. The highest BCUT2D eigenvalue weighted by Gasteiger charge is 2.05. The van der Waals surface area contributed by atoms with Crippen molar-refractivity contribution in [1.29, 1.82) is 0 Å². The third-order valence-electron chi connectivity index (χ3n) is 3.88. The number of hydrogen-bond donors (Lipinski definition) is 1. The molecule has 7 heteroatoms. The number of aliphatic imine (C=N–C) groups is 1. The lowest BCUT2D eigenvalue weighted by Gasteiger charge is -2.03. The van der Waals surface area contributed by atoms with Crippen LogP contribution in [0.25, 0.3) is 12.2 Å². The Morgan fingerprint density at radius 1 is 0.929 bits per heavy atom. The highest BCUT2D eigenvalue weighted by molar-refractivity contribution is 9.11. The molecule has 3 rings (SSSR count). The molecule has 28 heavy (non-hydrogen) atoms. The molecule has 0 aliphatic carbocycles. The molecule has 0 aliphatic rings. The van der Waals surface area contributed by atoms with E-state index in [0.717, 1.165) is 21.3 Å². The van der Waals surface area contributed by atoms with Gasteiger partial charge in [0.05, 0.1) is 15.1 Å². The Kier molecular flexibility index (Phi) is 6.38. The number of non-ortho nitro benzene ring substituents is 1. The van der Waals surface area contributed by atoms with Crippen LogP contribution in [0.1, 0.15) is 16.7 Å². The second-order valence-corrected chi connectivity index (χ2v) is 7.63. The maximum absolute atomic E-state index is 10.7. The van der Waals surface area contributed by atoms with E-state index in [1.54, 1.807) is 30.5 Å². The normalized spacial score (nSPS) is 11.4. The summed E-state index contributed by atoms with van der Waals surface area (Å²) >= 11 is 6.68. The highest BCUT2D eigenvalue weighted by atomic mass is 79.9. The monoisotopic (exact) mass is 500 g/mol. The van der Waals surface area contributed by atoms with Crippen molar-refractivity contribution in [3.05, 3.63) is 96.4 Å². The summed E-state index contributed by atoms with van der Waals surface area (Å²) in [5, 5.41) is 20.7. The van der Waals surface area contributed by atoms with Crippen LogP contribution >= 0.6 is 31.9 Å². The molecular formula is C21H14Br2N2O3. The summed E-state index contributed by atoms with van der Waals surface area (Å²) in [6.45, 7) is 0. The first-order valence-corrected chi connectivity index (χ1v) is 9.75. The van der Waals surface area contributed by atoms with Gasteiger partial charge in [0.25, 0.3) is 5.69 Å². The lowest BCUT2D eigenvalue weighted by molar-refractivity contribution is -0.384. The van der Waals surface area contributed by atoms with Gasteiger partial charge in [-0.1, -0.05) is 40.2 Å². The number of nitro groups is 1. The zero-order valence-electron chi connectivity index (χ0n) is 14.4. The molecule has 3 aromatic rings. The van der Waals surface area contributed by atoms with E-state index in [1.165, 1.54) is 12.1 Å². The Hall–Kier alpha value is -2.77. The fourth-order valence-corrected chi connectivity index (χ4v) is 3.66. The van der Waals surface area contributed by atoms with Gasteiger partial charge in [0.1, 0.15) is 5.75 Å². The van der Waals surface area contributed by atoms with Crippen molar-refractivity contribution >= 4 is 61.6 Å². The summed E-state index contributed by atoms with van der Waals surface area (Å²) in [6, 6.07) is 17.5. The van der Waals surface area contributed by atoms with Crippen molar-refractivity contribution < 1.29 is 10.0 Å². The molecule has 0 bridgehead atoms. The molecule has 1 N–H and O–H groups in total. The number of halogens is 2. The molecule has 0 radical (unpaired) electrons. The maximum atomic E-state index is 10.7. The molecule has 0 amide bonds. The molecule has 140 valence electrons. The summed E-state index contributed by atoms with van der Waals surface area (Å²) < 4.78 is 1.43. The van der Waals surface area contributed by atoms with Crippen LogP contribution in [0.3, 0.4) is 0 Å². The minimum atomic E-state index is -0.417. The molecule has 0 saturated heterocycles. The largest absolute Gasteiger partial charge is 0.506 e. The Morgan fingerprint density at radius 3 is 2.07 bits per heavy atom. The van der Waals surface area contributed by atoms with E-state index in [1.807, 2.05) is 36.4 Å². The first-order valence-electron chi connectivity index (χ1n) is 8.17. The number of aromatic hydroxyl groups is 1. The first-order chi connectivity index (χ1) is 13.4. The summed E-state index contributed by atoms with van der Waals surface area (Å²) in [4.78, 5) is 14.6. The molecule has 0 saturated carbocycles. The fourth-order valence-electron chi connectivity index (χ4n) is 2.40. The van der Waals surface area contributed by atoms with Crippen LogP contribution in [0.2, 0.25) is 0 Å². The molecule has 0 aliphatic heterocycles. The number of benzene rings is 3. The van der Waals surface area contributed by atoms with Crippen molar-refractivity contribution in [2.45, 2.75) is 0 Å². The van der Waals surface area contributed by atoms with Crippen molar-refractivity contribution in [1.82, 2.24) is 0 Å². The SMILES string of the molecule is O=[N+]([O-])c1ccc(C=Cc2ccc(N=Cc3cc(Br)cc(Br)c3O)cc2)cc1. The van der Waals surface area contributed by atoms with Crippen LogP contribution in [0, 0.1) is 10.1 Å². The van der Waals surface area contributed by atoms with Gasteiger partial charge in [-0.05, 0) is 63.5 Å². The standard InChI is InChI=1S/C21H14Br2N2O3/c22-17-11-16(21(26)20(23)12-17)13-24-18-7-3-14(4-8-18)1-2-15-5-9-19(10-6-15)25(27)28/h1-13,26H. The first kappa shape index (κ1) is 20.0. The molecule has 0 heterocycles. The van der Waals surface area contributed by atoms with Crippen molar-refractivity contribution in [2.75, 3.05) is 0 Å². The third kappa shape index (κ3) is 5.15. The van der Waals surface area contributed by atoms with Crippen LogP contribution in [0.4, 0.5) is 11.4 Å². The van der Waals surface area contributed by atoms with Crippen LogP contribution in [-0.2, 0) is 0 Å². The van der Waals surface area contributed by atoms with Crippen LogP contribution in [-0.4, -0.2) is 16.2 Å². The van der Waals surface area contributed by atoms with Gasteiger partial charge in [0.2, 0.25) is 0 Å². The lowest BCUT2D eigenvalue weighted by Crippen LogP contribution is -1.86. The van der Waals surface area contributed by atoms with Crippen LogP contribution in [0.5, 0.6) is 5.75 Å². The van der Waals surface area contributed by atoms with Gasteiger partial charge >= 0.3 is 0 Å². The van der Waals surface area contributed by atoms with E-state index >= 15 is 0 Å². The molecule has 3 aromatic carbocycles. The van der Waals surface area contributed by atoms with Gasteiger partial charge in [0.15, 0.2) is 0 Å². The summed E-state index contributed by atoms with van der Waals surface area (Å²) in [5.74, 6) is 0.134. The highest BCUT2D eigenvalue weighted by Crippen LogP contribution is 2.31. The fraction of sp³-hybridized carbons (Fsp3) is 0. The van der Waals surface area contributed by atoms with Gasteiger partial charge < -0.3 is 5.11 Å². The Bertz CT molecular complexity index is 1060. The van der Waals surface area contributed by atoms with Gasteiger partial charge in [-0.25, -0.2) is 0 Å². The summed E-state index contributed by atoms with van der Waals surface area (Å²) in [7, 11) is 0. The van der Waals surface area contributed by atoms with Crippen molar-refractivity contribution in [3.8, 4) is 5.75 Å². The van der Waals surface area contributed by atoms with E-state index < -0.39 is 4.92 Å². The van der Waals surface area contributed by atoms with E-state index in [2.05, 4.69) is 36.9 Å². The van der Waals surface area contributed by atoms with Crippen molar-refractivity contribution in [3.63, 3.8) is 0 Å². The third-order valence-corrected chi connectivity index (χ3v) is 4.94. The predicted octanol–water partition coefficient (Wildman–Crippen LogP) is 6.75. The quantitative estimate of drug-likeness (QED) is 0.182. The van der Waals surface area contributed by atoms with Gasteiger partial charge in [-0.3, -0.25) is 15.1 Å². The molecule has 5 nitrogen and oxygen atoms in total. The number of phenolic OH excluding ortho intramolecular Hbond substituents is 1. The average molecular weight is 502 g/mol. The predicted molar refractivity (Wildman–Crippen MR) is 119 cm³/mol. The Morgan fingerprint density at radius 2 is 1.50 bits per heavy atom. The summed E-state index contributed by atoms with van der Waals surface area (Å²) in [5.41, 5.74) is 3.28. The van der Waals surface area contributed by atoms with Crippen LogP contribution in [0.15, 0.2) is 74.6 Å². The molecule has 0 unspecified atom stereocenters. The van der Waals surface area contributed by atoms with Crippen LogP contribution < -0.4 is 0 Å². The van der Waals surface area contributed by atoms with E-state index in [4.69, 9.17) is 0 Å². The van der Waals surface area contributed by atoms with Crippen molar-refractivity contribution in [2.24, 2.45) is 4.99 Å². The van der Waals surface area contributed by atoms with E-state index in [-0.39, 0.29) is 11.4 Å². The maximum Gasteiger partial charge on any atom is 0.269 e. The lowest BCUT2D eigenvalue weighted by atomic mass is 10.1.